The molecule has 0 saturated carbocycles. The molecule has 170 valence electrons. The van der Waals surface area contributed by atoms with Crippen LogP contribution >= 0.6 is 0 Å². The number of benzene rings is 1. The third kappa shape index (κ3) is 4.31. The fraction of sp³-hybridized carbons (Fsp3) is 0.273. The summed E-state index contributed by atoms with van der Waals surface area (Å²) in [5.74, 6) is 0.505. The zero-order valence-electron chi connectivity index (χ0n) is 17.5. The number of anilines is 1. The van der Waals surface area contributed by atoms with Crippen LogP contribution in [-0.4, -0.2) is 55.6 Å². The van der Waals surface area contributed by atoms with E-state index in [0.717, 1.165) is 18.0 Å². The van der Waals surface area contributed by atoms with E-state index in [1.807, 2.05) is 35.2 Å². The Bertz CT molecular complexity index is 1310. The minimum absolute atomic E-state index is 0.269. The van der Waals surface area contributed by atoms with Crippen LogP contribution in [0.5, 0.6) is 0 Å². The first-order valence-corrected chi connectivity index (χ1v) is 10.4. The van der Waals surface area contributed by atoms with Crippen molar-refractivity contribution in [3.63, 3.8) is 0 Å². The molecule has 1 aliphatic heterocycles. The highest BCUT2D eigenvalue weighted by atomic mass is 19.4. The molecule has 0 spiro atoms. The molecule has 3 aromatic heterocycles. The summed E-state index contributed by atoms with van der Waals surface area (Å²) in [5, 5.41) is 9.40. The maximum Gasteiger partial charge on any atom is 0.417 e. The summed E-state index contributed by atoms with van der Waals surface area (Å²) in [5.41, 5.74) is 0.170. The summed E-state index contributed by atoms with van der Waals surface area (Å²) in [4.78, 5) is 20.9. The minimum atomic E-state index is -4.40. The lowest BCUT2D eigenvalue weighted by Gasteiger charge is -2.35. The van der Waals surface area contributed by atoms with Crippen molar-refractivity contribution in [1.29, 1.82) is 0 Å². The Morgan fingerprint density at radius 1 is 0.939 bits per heavy atom. The van der Waals surface area contributed by atoms with E-state index in [2.05, 4.69) is 20.1 Å². The first-order valence-electron chi connectivity index (χ1n) is 10.4. The zero-order valence-corrected chi connectivity index (χ0v) is 17.5. The van der Waals surface area contributed by atoms with E-state index in [1.54, 1.807) is 17.1 Å². The van der Waals surface area contributed by atoms with Gasteiger partial charge in [-0.3, -0.25) is 9.69 Å². The second kappa shape index (κ2) is 8.32. The number of aromatic nitrogens is 5. The van der Waals surface area contributed by atoms with Gasteiger partial charge >= 0.3 is 6.18 Å². The average Bonchev–Trinajstić information content (AvgIpc) is 3.27. The molecule has 5 rings (SSSR count). The second-order valence-corrected chi connectivity index (χ2v) is 7.81. The smallest absolute Gasteiger partial charge is 0.354 e. The van der Waals surface area contributed by atoms with Gasteiger partial charge in [-0.2, -0.15) is 23.4 Å². The van der Waals surface area contributed by atoms with E-state index < -0.39 is 11.7 Å². The number of hydrogen-bond donors (Lipinski definition) is 0. The standard InChI is InChI=1S/C22H20F3N7O/c23-22(24,25)17-6-7-19(26-13-17)30-10-8-29(9-11-30)15-32-21(33)20-16(12-27-32)14-31(28-20)18-4-2-1-3-5-18/h1-7,12-14H,8-11,15H2. The van der Waals surface area contributed by atoms with Crippen molar-refractivity contribution in [3.8, 4) is 5.69 Å². The highest BCUT2D eigenvalue weighted by Gasteiger charge is 2.31. The average molecular weight is 455 g/mol. The molecule has 0 N–H and O–H groups in total. The molecule has 11 heteroatoms. The van der Waals surface area contributed by atoms with Crippen LogP contribution in [-0.2, 0) is 12.8 Å². The number of pyridine rings is 1. The van der Waals surface area contributed by atoms with Crippen molar-refractivity contribution < 1.29 is 13.2 Å². The van der Waals surface area contributed by atoms with Crippen LogP contribution in [0.3, 0.4) is 0 Å². The number of nitrogens with zero attached hydrogens (tertiary/aromatic N) is 7. The topological polar surface area (TPSA) is 72.1 Å². The highest BCUT2D eigenvalue weighted by molar-refractivity contribution is 5.76. The molecule has 4 heterocycles. The molecule has 33 heavy (non-hydrogen) atoms. The van der Waals surface area contributed by atoms with Gasteiger partial charge in [0, 0.05) is 44.0 Å². The fourth-order valence-electron chi connectivity index (χ4n) is 3.82. The monoisotopic (exact) mass is 455 g/mol. The summed E-state index contributed by atoms with van der Waals surface area (Å²) in [7, 11) is 0. The number of rotatable bonds is 4. The van der Waals surface area contributed by atoms with Crippen molar-refractivity contribution >= 4 is 16.7 Å². The number of fused-ring (bicyclic) bond motifs is 1. The van der Waals surface area contributed by atoms with Gasteiger partial charge in [0.1, 0.15) is 5.82 Å². The normalized spacial score (nSPS) is 15.3. The Morgan fingerprint density at radius 3 is 2.36 bits per heavy atom. The van der Waals surface area contributed by atoms with Gasteiger partial charge in [-0.1, -0.05) is 18.2 Å². The number of para-hydroxylation sites is 1. The van der Waals surface area contributed by atoms with Crippen molar-refractivity contribution in [2.24, 2.45) is 0 Å². The van der Waals surface area contributed by atoms with E-state index in [0.29, 0.717) is 49.6 Å². The Kier molecular flexibility index (Phi) is 5.33. The summed E-state index contributed by atoms with van der Waals surface area (Å²) in [6.07, 6.45) is -0.137. The molecule has 8 nitrogen and oxygen atoms in total. The Labute approximate surface area is 186 Å². The Morgan fingerprint density at radius 2 is 1.70 bits per heavy atom. The molecule has 0 unspecified atom stereocenters. The molecule has 1 aromatic carbocycles. The molecule has 1 fully saturated rings. The van der Waals surface area contributed by atoms with Crippen LogP contribution < -0.4 is 10.5 Å². The summed E-state index contributed by atoms with van der Waals surface area (Å²) >= 11 is 0. The van der Waals surface area contributed by atoms with Crippen molar-refractivity contribution in [1.82, 2.24) is 29.4 Å². The van der Waals surface area contributed by atoms with Crippen molar-refractivity contribution in [2.45, 2.75) is 12.8 Å². The van der Waals surface area contributed by atoms with Gasteiger partial charge in [-0.15, -0.1) is 0 Å². The van der Waals surface area contributed by atoms with Crippen LogP contribution in [0.2, 0.25) is 0 Å². The molecule has 0 radical (unpaired) electrons. The number of halogens is 3. The number of alkyl halides is 3. The first-order chi connectivity index (χ1) is 15.9. The molecule has 0 bridgehead atoms. The molecule has 1 saturated heterocycles. The van der Waals surface area contributed by atoms with E-state index in [-0.39, 0.29) is 5.56 Å². The molecule has 1 aliphatic rings. The lowest BCUT2D eigenvalue weighted by atomic mass is 10.2. The van der Waals surface area contributed by atoms with E-state index in [1.165, 1.54) is 10.7 Å². The summed E-state index contributed by atoms with van der Waals surface area (Å²) < 4.78 is 41.3. The van der Waals surface area contributed by atoms with Crippen LogP contribution in [0, 0.1) is 0 Å². The minimum Gasteiger partial charge on any atom is -0.354 e. The predicted molar refractivity (Wildman–Crippen MR) is 116 cm³/mol. The van der Waals surface area contributed by atoms with Crippen molar-refractivity contribution in [3.05, 3.63) is 77.0 Å². The second-order valence-electron chi connectivity index (χ2n) is 7.81. The van der Waals surface area contributed by atoms with Crippen LogP contribution in [0.1, 0.15) is 5.56 Å². The predicted octanol–water partition coefficient (Wildman–Crippen LogP) is 2.78. The number of piperazine rings is 1. The zero-order chi connectivity index (χ0) is 23.0. The highest BCUT2D eigenvalue weighted by Crippen LogP contribution is 2.29. The Balaban J connectivity index is 1.26. The molecule has 0 amide bonds. The van der Waals surface area contributed by atoms with Gasteiger partial charge in [0.25, 0.3) is 5.56 Å². The maximum absolute atomic E-state index is 12.9. The largest absolute Gasteiger partial charge is 0.417 e. The summed E-state index contributed by atoms with van der Waals surface area (Å²) in [6, 6.07) is 12.0. The van der Waals surface area contributed by atoms with Gasteiger partial charge < -0.3 is 4.90 Å². The van der Waals surface area contributed by atoms with E-state index in [4.69, 9.17) is 0 Å². The van der Waals surface area contributed by atoms with Crippen LogP contribution in [0.15, 0.2) is 65.8 Å². The third-order valence-electron chi connectivity index (χ3n) is 5.64. The summed E-state index contributed by atoms with van der Waals surface area (Å²) in [6.45, 7) is 2.71. The molecule has 0 atom stereocenters. The van der Waals surface area contributed by atoms with Crippen LogP contribution in [0.25, 0.3) is 16.6 Å². The number of hydrogen-bond acceptors (Lipinski definition) is 6. The van der Waals surface area contributed by atoms with Crippen molar-refractivity contribution in [2.75, 3.05) is 31.1 Å². The van der Waals surface area contributed by atoms with Gasteiger partial charge in [0.05, 0.1) is 24.1 Å². The van der Waals surface area contributed by atoms with E-state index in [9.17, 15) is 18.0 Å². The van der Waals surface area contributed by atoms with Gasteiger partial charge in [0.2, 0.25) is 0 Å². The van der Waals surface area contributed by atoms with Crippen LogP contribution in [0.4, 0.5) is 19.0 Å². The molecule has 0 aliphatic carbocycles. The van der Waals surface area contributed by atoms with Gasteiger partial charge in [-0.05, 0) is 24.3 Å². The lowest BCUT2D eigenvalue weighted by Crippen LogP contribution is -2.48. The quantitative estimate of drug-likeness (QED) is 0.471. The molecule has 4 aromatic rings. The van der Waals surface area contributed by atoms with Gasteiger partial charge in [-0.25, -0.2) is 14.3 Å². The Hall–Kier alpha value is -3.73. The fourth-order valence-corrected chi connectivity index (χ4v) is 3.82. The third-order valence-corrected chi connectivity index (χ3v) is 5.64. The lowest BCUT2D eigenvalue weighted by molar-refractivity contribution is -0.137. The molecular formula is C22H20F3N7O. The SMILES string of the molecule is O=c1c2nn(-c3ccccc3)cc2cnn1CN1CCN(c2ccc(C(F)(F)F)cn2)CC1. The molecular weight excluding hydrogens is 435 g/mol. The first kappa shape index (κ1) is 21.1. The van der Waals surface area contributed by atoms with E-state index >= 15 is 0 Å². The van der Waals surface area contributed by atoms with Gasteiger partial charge in [0.15, 0.2) is 5.52 Å². The maximum atomic E-state index is 12.9.